The standard InChI is InChI=1S/C18H27N3O2S/c1-6-22-15-9-7-8-14-10-16(23-17(14)15)13(3)21-18(19-4)20-11-12(2)24-5/h7-10,12-13H,6,11H2,1-5H3,(H2,19,20,21). The number of furan rings is 1. The molecule has 24 heavy (non-hydrogen) atoms. The predicted molar refractivity (Wildman–Crippen MR) is 103 cm³/mol. The lowest BCUT2D eigenvalue weighted by molar-refractivity contribution is 0.336. The van der Waals surface area contributed by atoms with Crippen molar-refractivity contribution in [1.29, 1.82) is 0 Å². The molecule has 0 aliphatic carbocycles. The van der Waals surface area contributed by atoms with E-state index in [1.54, 1.807) is 7.05 Å². The fourth-order valence-corrected chi connectivity index (χ4v) is 2.58. The summed E-state index contributed by atoms with van der Waals surface area (Å²) in [5.41, 5.74) is 0.793. The highest BCUT2D eigenvalue weighted by Gasteiger charge is 2.15. The number of hydrogen-bond acceptors (Lipinski definition) is 4. The van der Waals surface area contributed by atoms with Gasteiger partial charge in [0.2, 0.25) is 0 Å². The lowest BCUT2D eigenvalue weighted by Gasteiger charge is -2.18. The van der Waals surface area contributed by atoms with Gasteiger partial charge < -0.3 is 19.8 Å². The Kier molecular flexibility index (Phi) is 6.85. The third-order valence-corrected chi connectivity index (χ3v) is 4.76. The first-order valence-corrected chi connectivity index (χ1v) is 9.53. The Morgan fingerprint density at radius 2 is 2.17 bits per heavy atom. The predicted octanol–water partition coefficient (Wildman–Crippen LogP) is 3.81. The number of nitrogens with zero attached hydrogens (tertiary/aromatic N) is 1. The van der Waals surface area contributed by atoms with Crippen molar-refractivity contribution in [3.8, 4) is 5.75 Å². The monoisotopic (exact) mass is 349 g/mol. The number of fused-ring (bicyclic) bond motifs is 1. The SMILES string of the molecule is CCOc1cccc2cc(C(C)NC(=NC)NCC(C)SC)oc12. The van der Waals surface area contributed by atoms with Crippen LogP contribution >= 0.6 is 11.8 Å². The number of para-hydroxylation sites is 1. The molecule has 0 aliphatic heterocycles. The quantitative estimate of drug-likeness (QED) is 0.588. The molecule has 2 aromatic rings. The number of aliphatic imine (C=N–C) groups is 1. The maximum Gasteiger partial charge on any atom is 0.191 e. The third-order valence-electron chi connectivity index (χ3n) is 3.79. The normalized spacial score (nSPS) is 14.5. The number of hydrogen-bond donors (Lipinski definition) is 2. The Hall–Kier alpha value is -1.82. The molecule has 0 radical (unpaired) electrons. The van der Waals surface area contributed by atoms with E-state index in [0.29, 0.717) is 11.9 Å². The van der Waals surface area contributed by atoms with Crippen molar-refractivity contribution in [1.82, 2.24) is 10.6 Å². The van der Waals surface area contributed by atoms with E-state index in [1.165, 1.54) is 0 Å². The van der Waals surface area contributed by atoms with Crippen molar-refractivity contribution >= 4 is 28.7 Å². The fraction of sp³-hybridized carbons (Fsp3) is 0.500. The third kappa shape index (κ3) is 4.60. The topological polar surface area (TPSA) is 58.8 Å². The molecular formula is C18H27N3O2S. The second-order valence-electron chi connectivity index (χ2n) is 5.62. The van der Waals surface area contributed by atoms with Crippen LogP contribution in [0, 0.1) is 0 Å². The fourth-order valence-electron chi connectivity index (χ4n) is 2.33. The van der Waals surface area contributed by atoms with E-state index in [4.69, 9.17) is 9.15 Å². The second kappa shape index (κ2) is 8.87. The van der Waals surface area contributed by atoms with Gasteiger partial charge in [-0.25, -0.2) is 0 Å². The van der Waals surface area contributed by atoms with Crippen LogP contribution in [0.1, 0.15) is 32.6 Å². The zero-order chi connectivity index (χ0) is 17.5. The molecule has 0 saturated heterocycles. The molecule has 1 aromatic carbocycles. The first-order chi connectivity index (χ1) is 11.6. The average molecular weight is 350 g/mol. The van der Waals surface area contributed by atoms with Gasteiger partial charge in [0.05, 0.1) is 12.6 Å². The summed E-state index contributed by atoms with van der Waals surface area (Å²) in [6, 6.07) is 8.00. The van der Waals surface area contributed by atoms with Crippen LogP contribution < -0.4 is 15.4 Å². The van der Waals surface area contributed by atoms with Crippen molar-refractivity contribution < 1.29 is 9.15 Å². The molecule has 132 valence electrons. The summed E-state index contributed by atoms with van der Waals surface area (Å²) >= 11 is 1.82. The van der Waals surface area contributed by atoms with Crippen LogP contribution in [0.25, 0.3) is 11.0 Å². The van der Waals surface area contributed by atoms with Gasteiger partial charge >= 0.3 is 0 Å². The molecule has 0 amide bonds. The second-order valence-corrected chi connectivity index (χ2v) is 6.90. The van der Waals surface area contributed by atoms with Gasteiger partial charge in [-0.15, -0.1) is 0 Å². The Balaban J connectivity index is 2.10. The highest BCUT2D eigenvalue weighted by molar-refractivity contribution is 7.99. The average Bonchev–Trinajstić information content (AvgIpc) is 3.03. The Morgan fingerprint density at radius 1 is 1.38 bits per heavy atom. The number of guanidine groups is 1. The zero-order valence-electron chi connectivity index (χ0n) is 15.1. The van der Waals surface area contributed by atoms with Gasteiger partial charge in [0.15, 0.2) is 17.3 Å². The van der Waals surface area contributed by atoms with Gasteiger partial charge in [-0.1, -0.05) is 19.1 Å². The van der Waals surface area contributed by atoms with E-state index >= 15 is 0 Å². The minimum atomic E-state index is 0.00247. The molecule has 1 heterocycles. The van der Waals surface area contributed by atoms with E-state index < -0.39 is 0 Å². The van der Waals surface area contributed by atoms with Crippen molar-refractivity contribution in [2.24, 2.45) is 4.99 Å². The van der Waals surface area contributed by atoms with Crippen LogP contribution in [-0.4, -0.2) is 37.7 Å². The molecule has 1 aromatic heterocycles. The highest BCUT2D eigenvalue weighted by Crippen LogP contribution is 2.31. The molecule has 6 heteroatoms. The van der Waals surface area contributed by atoms with Crippen molar-refractivity contribution in [2.75, 3.05) is 26.5 Å². The molecule has 0 spiro atoms. The lowest BCUT2D eigenvalue weighted by Crippen LogP contribution is -2.41. The summed E-state index contributed by atoms with van der Waals surface area (Å²) in [4.78, 5) is 4.28. The summed E-state index contributed by atoms with van der Waals surface area (Å²) in [7, 11) is 1.78. The van der Waals surface area contributed by atoms with Crippen LogP contribution in [0.4, 0.5) is 0 Å². The van der Waals surface area contributed by atoms with Crippen molar-refractivity contribution in [2.45, 2.75) is 32.1 Å². The summed E-state index contributed by atoms with van der Waals surface area (Å²) in [5, 5.41) is 8.28. The van der Waals surface area contributed by atoms with Gasteiger partial charge in [0.1, 0.15) is 5.76 Å². The highest BCUT2D eigenvalue weighted by atomic mass is 32.2. The number of nitrogens with one attached hydrogen (secondary N) is 2. The Bertz CT molecular complexity index is 684. The maximum atomic E-state index is 6.03. The molecule has 2 rings (SSSR count). The summed E-state index contributed by atoms with van der Waals surface area (Å²) in [5.74, 6) is 2.41. The molecular weight excluding hydrogens is 322 g/mol. The minimum Gasteiger partial charge on any atom is -0.490 e. The van der Waals surface area contributed by atoms with Crippen LogP contribution in [0.2, 0.25) is 0 Å². The maximum absolute atomic E-state index is 6.03. The summed E-state index contributed by atoms with van der Waals surface area (Å²) in [6.45, 7) is 7.69. The van der Waals surface area contributed by atoms with E-state index in [1.807, 2.05) is 43.0 Å². The first kappa shape index (κ1) is 18.5. The van der Waals surface area contributed by atoms with Gasteiger partial charge in [-0.05, 0) is 32.2 Å². The van der Waals surface area contributed by atoms with Gasteiger partial charge in [-0.3, -0.25) is 4.99 Å². The Labute approximate surface area is 148 Å². The molecule has 0 fully saturated rings. The molecule has 2 N–H and O–H groups in total. The first-order valence-electron chi connectivity index (χ1n) is 8.24. The van der Waals surface area contributed by atoms with Crippen LogP contribution in [-0.2, 0) is 0 Å². The smallest absolute Gasteiger partial charge is 0.191 e. The van der Waals surface area contributed by atoms with Crippen LogP contribution in [0.3, 0.4) is 0 Å². The molecule has 2 atom stereocenters. The van der Waals surface area contributed by atoms with Crippen LogP contribution in [0.5, 0.6) is 5.75 Å². The van der Waals surface area contributed by atoms with Gasteiger partial charge in [0.25, 0.3) is 0 Å². The minimum absolute atomic E-state index is 0.00247. The number of rotatable bonds is 7. The number of thioether (sulfide) groups is 1. The largest absolute Gasteiger partial charge is 0.490 e. The molecule has 0 aliphatic rings. The van der Waals surface area contributed by atoms with E-state index in [-0.39, 0.29) is 6.04 Å². The number of benzene rings is 1. The van der Waals surface area contributed by atoms with Crippen LogP contribution in [0.15, 0.2) is 33.7 Å². The van der Waals surface area contributed by atoms with E-state index in [2.05, 4.69) is 35.7 Å². The Morgan fingerprint density at radius 3 is 2.83 bits per heavy atom. The molecule has 0 bridgehead atoms. The van der Waals surface area contributed by atoms with E-state index in [9.17, 15) is 0 Å². The van der Waals surface area contributed by atoms with Crippen molar-refractivity contribution in [3.05, 3.63) is 30.0 Å². The van der Waals surface area contributed by atoms with Gasteiger partial charge in [-0.2, -0.15) is 11.8 Å². The number of ether oxygens (including phenoxy) is 1. The van der Waals surface area contributed by atoms with E-state index in [0.717, 1.165) is 35.0 Å². The summed E-state index contributed by atoms with van der Waals surface area (Å²) in [6.07, 6.45) is 2.11. The molecule has 0 saturated carbocycles. The lowest BCUT2D eigenvalue weighted by atomic mass is 10.2. The van der Waals surface area contributed by atoms with Gasteiger partial charge in [0, 0.05) is 24.2 Å². The molecule has 2 unspecified atom stereocenters. The summed E-state index contributed by atoms with van der Waals surface area (Å²) < 4.78 is 11.7. The van der Waals surface area contributed by atoms with Crippen molar-refractivity contribution in [3.63, 3.8) is 0 Å². The molecule has 5 nitrogen and oxygen atoms in total. The zero-order valence-corrected chi connectivity index (χ0v) is 15.9.